The van der Waals surface area contributed by atoms with E-state index in [0.717, 1.165) is 16.7 Å². The van der Waals surface area contributed by atoms with Crippen molar-refractivity contribution in [3.05, 3.63) is 22.7 Å². The van der Waals surface area contributed by atoms with Crippen molar-refractivity contribution in [1.29, 1.82) is 0 Å². The van der Waals surface area contributed by atoms with Gasteiger partial charge in [-0.3, -0.25) is 0 Å². The minimum Gasteiger partial charge on any atom is -0.314 e. The molecule has 13 heavy (non-hydrogen) atoms. The van der Waals surface area contributed by atoms with Gasteiger partial charge in [-0.25, -0.2) is 9.97 Å². The van der Waals surface area contributed by atoms with Gasteiger partial charge < -0.3 is 5.32 Å². The zero-order valence-corrected chi connectivity index (χ0v) is 9.72. The standard InChI is InChI=1S/C9H14BrN3/c1-9(2,11-3)4-8-12-5-7(10)6-13-8/h5-6,11H,4H2,1-3H3. The molecule has 1 N–H and O–H groups in total. The lowest BCUT2D eigenvalue weighted by atomic mass is 10.0. The molecular weight excluding hydrogens is 230 g/mol. The maximum absolute atomic E-state index is 4.21. The Hall–Kier alpha value is -0.480. The van der Waals surface area contributed by atoms with Crippen molar-refractivity contribution < 1.29 is 0 Å². The van der Waals surface area contributed by atoms with Crippen LogP contribution < -0.4 is 5.32 Å². The predicted octanol–water partition coefficient (Wildman–Crippen LogP) is 1.78. The van der Waals surface area contributed by atoms with Gasteiger partial charge in [0, 0.05) is 24.4 Å². The van der Waals surface area contributed by atoms with Gasteiger partial charge >= 0.3 is 0 Å². The first-order chi connectivity index (χ1) is 6.03. The van der Waals surface area contributed by atoms with Crippen LogP contribution >= 0.6 is 15.9 Å². The van der Waals surface area contributed by atoms with E-state index in [9.17, 15) is 0 Å². The number of rotatable bonds is 3. The third kappa shape index (κ3) is 3.40. The fraction of sp³-hybridized carbons (Fsp3) is 0.556. The summed E-state index contributed by atoms with van der Waals surface area (Å²) in [4.78, 5) is 8.43. The van der Waals surface area contributed by atoms with Crippen molar-refractivity contribution in [2.45, 2.75) is 25.8 Å². The van der Waals surface area contributed by atoms with Crippen LogP contribution in [0.25, 0.3) is 0 Å². The van der Waals surface area contributed by atoms with E-state index in [2.05, 4.69) is 45.1 Å². The Morgan fingerprint density at radius 1 is 1.38 bits per heavy atom. The van der Waals surface area contributed by atoms with Crippen LogP contribution in [-0.2, 0) is 6.42 Å². The minimum absolute atomic E-state index is 0.0494. The van der Waals surface area contributed by atoms with Gasteiger partial charge in [0.15, 0.2) is 0 Å². The van der Waals surface area contributed by atoms with E-state index < -0.39 is 0 Å². The lowest BCUT2D eigenvalue weighted by Gasteiger charge is -2.22. The fourth-order valence-corrected chi connectivity index (χ4v) is 1.12. The molecule has 1 heterocycles. The number of hydrogen-bond acceptors (Lipinski definition) is 3. The topological polar surface area (TPSA) is 37.8 Å². The Morgan fingerprint density at radius 3 is 2.38 bits per heavy atom. The van der Waals surface area contributed by atoms with Gasteiger partial charge in [-0.1, -0.05) is 0 Å². The molecule has 0 bridgehead atoms. The molecule has 72 valence electrons. The Balaban J connectivity index is 2.69. The van der Waals surface area contributed by atoms with Crippen molar-refractivity contribution >= 4 is 15.9 Å². The third-order valence-electron chi connectivity index (χ3n) is 1.95. The van der Waals surface area contributed by atoms with Crippen LogP contribution in [0.15, 0.2) is 16.9 Å². The average molecular weight is 244 g/mol. The second-order valence-electron chi connectivity index (χ2n) is 3.63. The summed E-state index contributed by atoms with van der Waals surface area (Å²) in [7, 11) is 1.94. The second-order valence-corrected chi connectivity index (χ2v) is 4.54. The molecule has 1 rings (SSSR count). The quantitative estimate of drug-likeness (QED) is 0.880. The molecule has 0 amide bonds. The first-order valence-corrected chi connectivity index (χ1v) is 4.98. The molecule has 4 heteroatoms. The first kappa shape index (κ1) is 10.6. The number of nitrogens with zero attached hydrogens (tertiary/aromatic N) is 2. The van der Waals surface area contributed by atoms with Crippen molar-refractivity contribution in [2.24, 2.45) is 0 Å². The number of hydrogen-bond donors (Lipinski definition) is 1. The second kappa shape index (κ2) is 4.15. The molecule has 0 atom stereocenters. The summed E-state index contributed by atoms with van der Waals surface area (Å²) in [5.74, 6) is 0.863. The Kier molecular flexibility index (Phi) is 3.39. The Labute approximate surface area is 87.1 Å². The summed E-state index contributed by atoms with van der Waals surface area (Å²) in [5, 5.41) is 3.21. The highest BCUT2D eigenvalue weighted by Gasteiger charge is 2.16. The van der Waals surface area contributed by atoms with E-state index in [1.54, 1.807) is 12.4 Å². The number of aromatic nitrogens is 2. The molecule has 0 saturated heterocycles. The third-order valence-corrected chi connectivity index (χ3v) is 2.36. The molecule has 0 aliphatic heterocycles. The fourth-order valence-electron chi connectivity index (χ4n) is 0.914. The number of halogens is 1. The lowest BCUT2D eigenvalue weighted by Crippen LogP contribution is -2.38. The molecule has 1 aromatic rings. The van der Waals surface area contributed by atoms with E-state index in [1.807, 2.05) is 7.05 Å². The molecule has 0 aromatic carbocycles. The predicted molar refractivity (Wildman–Crippen MR) is 56.6 cm³/mol. The molecule has 1 aromatic heterocycles. The van der Waals surface area contributed by atoms with Crippen LogP contribution in [0.4, 0.5) is 0 Å². The average Bonchev–Trinajstić information content (AvgIpc) is 2.09. The molecule has 0 saturated carbocycles. The summed E-state index contributed by atoms with van der Waals surface area (Å²) in [6.07, 6.45) is 4.37. The van der Waals surface area contributed by atoms with E-state index in [4.69, 9.17) is 0 Å². The monoisotopic (exact) mass is 243 g/mol. The largest absolute Gasteiger partial charge is 0.314 e. The van der Waals surface area contributed by atoms with Crippen LogP contribution in [-0.4, -0.2) is 22.6 Å². The van der Waals surface area contributed by atoms with E-state index in [1.165, 1.54) is 0 Å². The zero-order chi connectivity index (χ0) is 9.90. The van der Waals surface area contributed by atoms with Gasteiger partial charge in [-0.2, -0.15) is 0 Å². The molecule has 0 radical (unpaired) electrons. The minimum atomic E-state index is 0.0494. The van der Waals surface area contributed by atoms with E-state index in [0.29, 0.717) is 0 Å². The van der Waals surface area contributed by atoms with Gasteiger partial charge in [-0.05, 0) is 36.8 Å². The highest BCUT2D eigenvalue weighted by atomic mass is 79.9. The highest BCUT2D eigenvalue weighted by Crippen LogP contribution is 2.10. The molecule has 0 aliphatic carbocycles. The first-order valence-electron chi connectivity index (χ1n) is 4.19. The maximum atomic E-state index is 4.21. The van der Waals surface area contributed by atoms with Gasteiger partial charge in [-0.15, -0.1) is 0 Å². The van der Waals surface area contributed by atoms with Crippen LogP contribution in [0.5, 0.6) is 0 Å². The summed E-state index contributed by atoms with van der Waals surface area (Å²) in [5.41, 5.74) is 0.0494. The number of likely N-dealkylation sites (N-methyl/N-ethyl adjacent to an activating group) is 1. The molecule has 0 fully saturated rings. The zero-order valence-electron chi connectivity index (χ0n) is 8.13. The maximum Gasteiger partial charge on any atom is 0.130 e. The van der Waals surface area contributed by atoms with Crippen molar-refractivity contribution in [1.82, 2.24) is 15.3 Å². The summed E-state index contributed by atoms with van der Waals surface area (Å²) in [6, 6.07) is 0. The summed E-state index contributed by atoms with van der Waals surface area (Å²) < 4.78 is 0.915. The van der Waals surface area contributed by atoms with E-state index >= 15 is 0 Å². The van der Waals surface area contributed by atoms with Gasteiger partial charge in [0.25, 0.3) is 0 Å². The molecule has 0 aliphatic rings. The Morgan fingerprint density at radius 2 is 1.92 bits per heavy atom. The number of nitrogens with one attached hydrogen (secondary N) is 1. The van der Waals surface area contributed by atoms with Crippen molar-refractivity contribution in [3.63, 3.8) is 0 Å². The van der Waals surface area contributed by atoms with Crippen LogP contribution in [0, 0.1) is 0 Å². The summed E-state index contributed by atoms with van der Waals surface area (Å²) in [6.45, 7) is 4.25. The van der Waals surface area contributed by atoms with Crippen LogP contribution in [0.1, 0.15) is 19.7 Å². The smallest absolute Gasteiger partial charge is 0.130 e. The molecule has 0 spiro atoms. The van der Waals surface area contributed by atoms with Gasteiger partial charge in [0.05, 0.1) is 4.47 Å². The van der Waals surface area contributed by atoms with Gasteiger partial charge in [0.2, 0.25) is 0 Å². The Bertz CT molecular complexity index is 269. The summed E-state index contributed by atoms with van der Waals surface area (Å²) >= 11 is 3.30. The van der Waals surface area contributed by atoms with E-state index in [-0.39, 0.29) is 5.54 Å². The molecule has 3 nitrogen and oxygen atoms in total. The lowest BCUT2D eigenvalue weighted by molar-refractivity contribution is 0.413. The highest BCUT2D eigenvalue weighted by molar-refractivity contribution is 9.10. The van der Waals surface area contributed by atoms with Crippen molar-refractivity contribution in [2.75, 3.05) is 7.05 Å². The SMILES string of the molecule is CNC(C)(C)Cc1ncc(Br)cn1. The normalized spacial score (nSPS) is 11.7. The van der Waals surface area contributed by atoms with Crippen LogP contribution in [0.2, 0.25) is 0 Å². The van der Waals surface area contributed by atoms with Crippen molar-refractivity contribution in [3.8, 4) is 0 Å². The van der Waals surface area contributed by atoms with Crippen LogP contribution in [0.3, 0.4) is 0 Å². The van der Waals surface area contributed by atoms with Gasteiger partial charge in [0.1, 0.15) is 5.82 Å². The molecular formula is C9H14BrN3. The molecule has 0 unspecified atom stereocenters.